The van der Waals surface area contributed by atoms with Gasteiger partial charge in [0.05, 0.1) is 0 Å². The van der Waals surface area contributed by atoms with Crippen molar-refractivity contribution in [2.45, 2.75) is 32.7 Å². The van der Waals surface area contributed by atoms with Gasteiger partial charge >= 0.3 is 0 Å². The van der Waals surface area contributed by atoms with Crippen LogP contribution in [0.5, 0.6) is 0 Å². The van der Waals surface area contributed by atoms with Crippen molar-refractivity contribution in [1.82, 2.24) is 5.32 Å². The number of hydrogen-bond acceptors (Lipinski definition) is 1. The van der Waals surface area contributed by atoms with Gasteiger partial charge < -0.3 is 5.32 Å². The molecular formula is C13H17BrClNO. The molecular weight excluding hydrogens is 302 g/mol. The van der Waals surface area contributed by atoms with Crippen molar-refractivity contribution in [3.05, 3.63) is 34.3 Å². The number of alkyl halides is 1. The molecule has 1 rings (SSSR count). The summed E-state index contributed by atoms with van der Waals surface area (Å²) in [5.41, 5.74) is 1.60. The number of benzene rings is 1. The van der Waals surface area contributed by atoms with Crippen LogP contribution in [-0.4, -0.2) is 17.3 Å². The number of carbonyl (C=O) groups is 1. The fourth-order valence-electron chi connectivity index (χ4n) is 1.60. The lowest BCUT2D eigenvalue weighted by atomic mass is 10.1. The SMILES string of the molecule is Cc1ccc(Cl)cc1C(=O)NC(C)CCCBr. The molecule has 0 aliphatic carbocycles. The van der Waals surface area contributed by atoms with Crippen LogP contribution in [0.4, 0.5) is 0 Å². The smallest absolute Gasteiger partial charge is 0.251 e. The van der Waals surface area contributed by atoms with Crippen LogP contribution in [-0.2, 0) is 0 Å². The number of nitrogens with one attached hydrogen (secondary N) is 1. The monoisotopic (exact) mass is 317 g/mol. The Balaban J connectivity index is 2.66. The van der Waals surface area contributed by atoms with Crippen molar-refractivity contribution in [1.29, 1.82) is 0 Å². The number of halogens is 2. The molecule has 0 saturated carbocycles. The van der Waals surface area contributed by atoms with E-state index in [-0.39, 0.29) is 11.9 Å². The van der Waals surface area contributed by atoms with Crippen LogP contribution in [0.1, 0.15) is 35.7 Å². The minimum atomic E-state index is -0.0490. The maximum Gasteiger partial charge on any atom is 0.251 e. The summed E-state index contributed by atoms with van der Waals surface area (Å²) in [6.45, 7) is 3.93. The van der Waals surface area contributed by atoms with Crippen LogP contribution in [0.2, 0.25) is 5.02 Å². The number of rotatable bonds is 5. The normalized spacial score (nSPS) is 12.2. The third-order valence-corrected chi connectivity index (χ3v) is 3.39. The maximum atomic E-state index is 12.0. The molecule has 2 nitrogen and oxygen atoms in total. The highest BCUT2D eigenvalue weighted by molar-refractivity contribution is 9.09. The lowest BCUT2D eigenvalue weighted by molar-refractivity contribution is 0.0938. The van der Waals surface area contributed by atoms with Gasteiger partial charge in [-0.1, -0.05) is 33.6 Å². The average molecular weight is 319 g/mol. The van der Waals surface area contributed by atoms with Gasteiger partial charge in [0, 0.05) is 22.0 Å². The largest absolute Gasteiger partial charge is 0.350 e. The van der Waals surface area contributed by atoms with E-state index in [0.717, 1.165) is 23.7 Å². The Morgan fingerprint density at radius 2 is 2.24 bits per heavy atom. The van der Waals surface area contributed by atoms with Crippen LogP contribution in [0, 0.1) is 6.92 Å². The summed E-state index contributed by atoms with van der Waals surface area (Å²) in [4.78, 5) is 12.0. The van der Waals surface area contributed by atoms with E-state index in [1.807, 2.05) is 19.9 Å². The molecule has 0 aliphatic heterocycles. The fraction of sp³-hybridized carbons (Fsp3) is 0.462. The van der Waals surface area contributed by atoms with E-state index in [2.05, 4.69) is 21.2 Å². The number of aryl methyl sites for hydroxylation is 1. The predicted molar refractivity (Wildman–Crippen MR) is 76.1 cm³/mol. The van der Waals surface area contributed by atoms with Crippen molar-refractivity contribution < 1.29 is 4.79 Å². The third-order valence-electron chi connectivity index (χ3n) is 2.59. The van der Waals surface area contributed by atoms with E-state index >= 15 is 0 Å². The van der Waals surface area contributed by atoms with E-state index in [1.54, 1.807) is 12.1 Å². The molecule has 0 spiro atoms. The van der Waals surface area contributed by atoms with Crippen LogP contribution in [0.3, 0.4) is 0 Å². The number of amides is 1. The Labute approximate surface area is 116 Å². The van der Waals surface area contributed by atoms with Crippen LogP contribution in [0.25, 0.3) is 0 Å². The summed E-state index contributed by atoms with van der Waals surface area (Å²) in [6, 6.07) is 5.55. The standard InChI is InChI=1S/C13H17BrClNO/c1-9-5-6-11(15)8-12(9)13(17)16-10(2)4-3-7-14/h5-6,8,10H,3-4,7H2,1-2H3,(H,16,17). The molecule has 1 atom stereocenters. The highest BCUT2D eigenvalue weighted by Crippen LogP contribution is 2.15. The summed E-state index contributed by atoms with van der Waals surface area (Å²) in [7, 11) is 0. The van der Waals surface area contributed by atoms with Gasteiger partial charge in [-0.15, -0.1) is 0 Å². The number of carbonyl (C=O) groups excluding carboxylic acids is 1. The Hall–Kier alpha value is -0.540. The first-order valence-electron chi connectivity index (χ1n) is 5.67. The minimum Gasteiger partial charge on any atom is -0.350 e. The Kier molecular flexibility index (Phi) is 6.00. The van der Waals surface area contributed by atoms with Crippen molar-refractivity contribution in [3.8, 4) is 0 Å². The van der Waals surface area contributed by atoms with E-state index in [4.69, 9.17) is 11.6 Å². The highest BCUT2D eigenvalue weighted by atomic mass is 79.9. The summed E-state index contributed by atoms with van der Waals surface area (Å²) < 4.78 is 0. The second kappa shape index (κ2) is 7.02. The lowest BCUT2D eigenvalue weighted by Gasteiger charge is -2.14. The van der Waals surface area contributed by atoms with E-state index in [0.29, 0.717) is 10.6 Å². The maximum absolute atomic E-state index is 12.0. The zero-order valence-electron chi connectivity index (χ0n) is 10.1. The van der Waals surface area contributed by atoms with Gasteiger partial charge in [0.15, 0.2) is 0 Å². The third kappa shape index (κ3) is 4.68. The molecule has 0 saturated heterocycles. The molecule has 0 aliphatic rings. The van der Waals surface area contributed by atoms with Gasteiger partial charge in [0.1, 0.15) is 0 Å². The molecule has 4 heteroatoms. The molecule has 0 radical (unpaired) electrons. The summed E-state index contributed by atoms with van der Waals surface area (Å²) in [6.07, 6.45) is 2.02. The van der Waals surface area contributed by atoms with Crippen molar-refractivity contribution >= 4 is 33.4 Å². The molecule has 0 fully saturated rings. The van der Waals surface area contributed by atoms with Gasteiger partial charge in [0.25, 0.3) is 5.91 Å². The first-order chi connectivity index (χ1) is 8.04. The fourth-order valence-corrected chi connectivity index (χ4v) is 2.09. The molecule has 17 heavy (non-hydrogen) atoms. The first-order valence-corrected chi connectivity index (χ1v) is 7.17. The average Bonchev–Trinajstić information content (AvgIpc) is 2.29. The number of hydrogen-bond donors (Lipinski definition) is 1. The second-order valence-corrected chi connectivity index (χ2v) is 5.39. The second-order valence-electron chi connectivity index (χ2n) is 4.16. The van der Waals surface area contributed by atoms with E-state index in [9.17, 15) is 4.79 Å². The van der Waals surface area contributed by atoms with Crippen LogP contribution in [0.15, 0.2) is 18.2 Å². The molecule has 1 unspecified atom stereocenters. The molecule has 1 amide bonds. The van der Waals surface area contributed by atoms with Gasteiger partial charge in [-0.05, 0) is 44.4 Å². The molecule has 0 bridgehead atoms. The zero-order chi connectivity index (χ0) is 12.8. The molecule has 0 heterocycles. The Morgan fingerprint density at radius 1 is 1.53 bits per heavy atom. The van der Waals surface area contributed by atoms with E-state index in [1.165, 1.54) is 0 Å². The molecule has 1 aromatic rings. The Bertz CT molecular complexity index is 395. The van der Waals surface area contributed by atoms with E-state index < -0.39 is 0 Å². The highest BCUT2D eigenvalue weighted by Gasteiger charge is 2.12. The predicted octanol–water partition coefficient (Wildman–Crippen LogP) is 3.94. The van der Waals surface area contributed by atoms with Gasteiger partial charge in [0.2, 0.25) is 0 Å². The summed E-state index contributed by atoms with van der Waals surface area (Å²) in [5.74, 6) is -0.0490. The topological polar surface area (TPSA) is 29.1 Å². The van der Waals surface area contributed by atoms with Gasteiger partial charge in [-0.3, -0.25) is 4.79 Å². The molecule has 1 N–H and O–H groups in total. The Morgan fingerprint density at radius 3 is 2.88 bits per heavy atom. The zero-order valence-corrected chi connectivity index (χ0v) is 12.4. The van der Waals surface area contributed by atoms with Gasteiger partial charge in [-0.25, -0.2) is 0 Å². The summed E-state index contributed by atoms with van der Waals surface area (Å²) >= 11 is 9.27. The summed E-state index contributed by atoms with van der Waals surface area (Å²) in [5, 5.41) is 4.53. The van der Waals surface area contributed by atoms with Crippen LogP contribution < -0.4 is 5.32 Å². The molecule has 94 valence electrons. The lowest BCUT2D eigenvalue weighted by Crippen LogP contribution is -2.33. The van der Waals surface area contributed by atoms with Crippen molar-refractivity contribution in [3.63, 3.8) is 0 Å². The molecule has 0 aromatic heterocycles. The molecule has 1 aromatic carbocycles. The van der Waals surface area contributed by atoms with Crippen molar-refractivity contribution in [2.75, 3.05) is 5.33 Å². The first kappa shape index (κ1) is 14.5. The minimum absolute atomic E-state index is 0.0490. The quantitative estimate of drug-likeness (QED) is 0.819. The van der Waals surface area contributed by atoms with Crippen molar-refractivity contribution in [2.24, 2.45) is 0 Å². The van der Waals surface area contributed by atoms with Crippen LogP contribution >= 0.6 is 27.5 Å². The van der Waals surface area contributed by atoms with Gasteiger partial charge in [-0.2, -0.15) is 0 Å².